The highest BCUT2D eigenvalue weighted by molar-refractivity contribution is 5.29. The van der Waals surface area contributed by atoms with E-state index in [9.17, 15) is 13.2 Å². The van der Waals surface area contributed by atoms with Gasteiger partial charge in [0.1, 0.15) is 24.7 Å². The molecule has 2 aromatic rings. The van der Waals surface area contributed by atoms with Crippen LogP contribution in [0.4, 0.5) is 13.2 Å². The van der Waals surface area contributed by atoms with Gasteiger partial charge in [0.15, 0.2) is 0 Å². The first-order valence-electron chi connectivity index (χ1n) is 8.40. The Labute approximate surface area is 146 Å². The van der Waals surface area contributed by atoms with Gasteiger partial charge in [0.2, 0.25) is 0 Å². The summed E-state index contributed by atoms with van der Waals surface area (Å²) in [6.45, 7) is 4.98. The number of halogens is 3. The lowest BCUT2D eigenvalue weighted by Crippen LogP contribution is -2.10. The number of benzene rings is 2. The molecule has 1 unspecified atom stereocenters. The van der Waals surface area contributed by atoms with Crippen molar-refractivity contribution in [2.24, 2.45) is 5.92 Å². The zero-order chi connectivity index (χ0) is 18.3. The van der Waals surface area contributed by atoms with Gasteiger partial charge in [-0.25, -0.2) is 0 Å². The van der Waals surface area contributed by atoms with Gasteiger partial charge in [-0.2, -0.15) is 13.2 Å². The Morgan fingerprint density at radius 1 is 0.920 bits per heavy atom. The van der Waals surface area contributed by atoms with Crippen molar-refractivity contribution in [1.29, 1.82) is 0 Å². The topological polar surface area (TPSA) is 18.5 Å². The molecule has 5 heteroatoms. The molecule has 2 rings (SSSR count). The average Bonchev–Trinajstić information content (AvgIpc) is 2.58. The molecular formula is C20H23F3O2. The fourth-order valence-corrected chi connectivity index (χ4v) is 2.37. The molecule has 0 aliphatic heterocycles. The van der Waals surface area contributed by atoms with Gasteiger partial charge in [0.25, 0.3) is 0 Å². The van der Waals surface area contributed by atoms with Crippen molar-refractivity contribution in [2.45, 2.75) is 32.9 Å². The van der Waals surface area contributed by atoms with Gasteiger partial charge in [-0.3, -0.25) is 0 Å². The molecule has 0 bridgehead atoms. The number of hydrogen-bond acceptors (Lipinski definition) is 2. The Bertz CT molecular complexity index is 651. The highest BCUT2D eigenvalue weighted by Crippen LogP contribution is 2.30. The van der Waals surface area contributed by atoms with Gasteiger partial charge in [-0.15, -0.1) is 0 Å². The van der Waals surface area contributed by atoms with Crippen LogP contribution in [0.1, 0.15) is 31.4 Å². The molecule has 2 aromatic carbocycles. The predicted octanol–water partition coefficient (Wildman–Crippen LogP) is 5.75. The third-order valence-corrected chi connectivity index (χ3v) is 3.98. The van der Waals surface area contributed by atoms with Crippen molar-refractivity contribution < 1.29 is 22.6 Å². The van der Waals surface area contributed by atoms with Crippen molar-refractivity contribution in [1.82, 2.24) is 0 Å². The summed E-state index contributed by atoms with van der Waals surface area (Å²) in [6, 6.07) is 12.6. The van der Waals surface area contributed by atoms with Gasteiger partial charge in [-0.05, 0) is 54.3 Å². The minimum atomic E-state index is -4.33. The van der Waals surface area contributed by atoms with E-state index >= 15 is 0 Å². The Kier molecular flexibility index (Phi) is 6.73. The molecule has 0 saturated heterocycles. The molecule has 0 spiro atoms. The van der Waals surface area contributed by atoms with Crippen LogP contribution < -0.4 is 9.47 Å². The highest BCUT2D eigenvalue weighted by atomic mass is 19.4. The molecule has 0 N–H and O–H groups in total. The van der Waals surface area contributed by atoms with Crippen LogP contribution in [0, 0.1) is 5.92 Å². The summed E-state index contributed by atoms with van der Waals surface area (Å²) in [4.78, 5) is 0. The standard InChI is InChI=1S/C20H23F3O2/c1-3-15(2)13-16-5-4-6-19(14-16)25-12-11-24-18-9-7-17(8-10-18)20(21,22)23/h4-10,14-15H,3,11-13H2,1-2H3. The third kappa shape index (κ3) is 6.33. The van der Waals surface area contributed by atoms with Gasteiger partial charge < -0.3 is 9.47 Å². The summed E-state index contributed by atoms with van der Waals surface area (Å²) in [5.41, 5.74) is 0.546. The van der Waals surface area contributed by atoms with Gasteiger partial charge in [0, 0.05) is 0 Å². The molecule has 136 valence electrons. The predicted molar refractivity (Wildman–Crippen MR) is 92.0 cm³/mol. The van der Waals surface area contributed by atoms with Crippen molar-refractivity contribution in [2.75, 3.05) is 13.2 Å². The lowest BCUT2D eigenvalue weighted by Gasteiger charge is -2.12. The first-order valence-corrected chi connectivity index (χ1v) is 8.40. The van der Waals surface area contributed by atoms with E-state index in [1.54, 1.807) is 0 Å². The molecule has 0 aliphatic carbocycles. The van der Waals surface area contributed by atoms with Crippen molar-refractivity contribution in [3.05, 3.63) is 59.7 Å². The average molecular weight is 352 g/mol. The molecule has 0 radical (unpaired) electrons. The van der Waals surface area contributed by atoms with Crippen LogP contribution in [-0.4, -0.2) is 13.2 Å². The Hall–Kier alpha value is -2.17. The largest absolute Gasteiger partial charge is 0.490 e. The Balaban J connectivity index is 1.78. The summed E-state index contributed by atoms with van der Waals surface area (Å²) < 4.78 is 48.5. The van der Waals surface area contributed by atoms with Crippen LogP contribution in [0.5, 0.6) is 11.5 Å². The fourth-order valence-electron chi connectivity index (χ4n) is 2.37. The number of alkyl halides is 3. The van der Waals surface area contributed by atoms with Gasteiger partial charge in [0.05, 0.1) is 5.56 Å². The molecule has 0 amide bonds. The molecule has 2 nitrogen and oxygen atoms in total. The van der Waals surface area contributed by atoms with Crippen LogP contribution >= 0.6 is 0 Å². The third-order valence-electron chi connectivity index (χ3n) is 3.98. The van der Waals surface area contributed by atoms with Crippen LogP contribution in [-0.2, 0) is 12.6 Å². The van der Waals surface area contributed by atoms with E-state index in [1.807, 2.05) is 18.2 Å². The Morgan fingerprint density at radius 3 is 2.16 bits per heavy atom. The lowest BCUT2D eigenvalue weighted by atomic mass is 9.99. The molecule has 1 atom stereocenters. The summed E-state index contributed by atoms with van der Waals surface area (Å²) in [7, 11) is 0. The molecular weight excluding hydrogens is 329 g/mol. The van der Waals surface area contributed by atoms with E-state index in [-0.39, 0.29) is 6.61 Å². The Morgan fingerprint density at radius 2 is 1.56 bits per heavy atom. The van der Waals surface area contributed by atoms with Crippen molar-refractivity contribution >= 4 is 0 Å². The quantitative estimate of drug-likeness (QED) is 0.563. The smallest absolute Gasteiger partial charge is 0.416 e. The maximum atomic E-state index is 12.5. The van der Waals surface area contributed by atoms with Crippen molar-refractivity contribution in [3.63, 3.8) is 0 Å². The monoisotopic (exact) mass is 352 g/mol. The van der Waals surface area contributed by atoms with Crippen LogP contribution in [0.25, 0.3) is 0 Å². The van der Waals surface area contributed by atoms with E-state index in [4.69, 9.17) is 9.47 Å². The summed E-state index contributed by atoms with van der Waals surface area (Å²) in [5.74, 6) is 1.79. The van der Waals surface area contributed by atoms with E-state index in [1.165, 1.54) is 17.7 Å². The molecule has 0 fully saturated rings. The molecule has 0 saturated carbocycles. The molecule has 0 heterocycles. The van der Waals surface area contributed by atoms with Gasteiger partial charge in [-0.1, -0.05) is 32.4 Å². The zero-order valence-electron chi connectivity index (χ0n) is 14.5. The normalized spacial score (nSPS) is 12.7. The van der Waals surface area contributed by atoms with E-state index in [0.717, 1.165) is 30.7 Å². The first kappa shape index (κ1) is 19.2. The fraction of sp³-hybridized carbons (Fsp3) is 0.400. The van der Waals surface area contributed by atoms with Crippen LogP contribution in [0.2, 0.25) is 0 Å². The molecule has 0 aliphatic rings. The van der Waals surface area contributed by atoms with E-state index in [2.05, 4.69) is 19.9 Å². The maximum Gasteiger partial charge on any atom is 0.416 e. The minimum absolute atomic E-state index is 0.265. The molecule has 25 heavy (non-hydrogen) atoms. The summed E-state index contributed by atoms with van der Waals surface area (Å²) >= 11 is 0. The number of ether oxygens (including phenoxy) is 2. The maximum absolute atomic E-state index is 12.5. The summed E-state index contributed by atoms with van der Waals surface area (Å²) in [5, 5.41) is 0. The minimum Gasteiger partial charge on any atom is -0.490 e. The van der Waals surface area contributed by atoms with E-state index < -0.39 is 11.7 Å². The van der Waals surface area contributed by atoms with Crippen molar-refractivity contribution in [3.8, 4) is 11.5 Å². The SMILES string of the molecule is CCC(C)Cc1cccc(OCCOc2ccc(C(F)(F)F)cc2)c1. The van der Waals surface area contributed by atoms with Gasteiger partial charge >= 0.3 is 6.18 Å². The first-order chi connectivity index (χ1) is 11.9. The second-order valence-electron chi connectivity index (χ2n) is 6.08. The second-order valence-corrected chi connectivity index (χ2v) is 6.08. The second kappa shape index (κ2) is 8.79. The van der Waals surface area contributed by atoms with Crippen LogP contribution in [0.15, 0.2) is 48.5 Å². The number of rotatable bonds is 8. The zero-order valence-corrected chi connectivity index (χ0v) is 14.5. The van der Waals surface area contributed by atoms with E-state index in [0.29, 0.717) is 18.3 Å². The number of hydrogen-bond donors (Lipinski definition) is 0. The highest BCUT2D eigenvalue weighted by Gasteiger charge is 2.29. The molecule has 0 aromatic heterocycles. The summed E-state index contributed by atoms with van der Waals surface area (Å²) in [6.07, 6.45) is -2.19. The van der Waals surface area contributed by atoms with Crippen LogP contribution in [0.3, 0.4) is 0 Å². The lowest BCUT2D eigenvalue weighted by molar-refractivity contribution is -0.137.